The molecule has 0 radical (unpaired) electrons. The first-order valence-electron chi connectivity index (χ1n) is 7.22. The molecule has 8 heteroatoms. The molecule has 0 aromatic heterocycles. The van der Waals surface area contributed by atoms with Crippen molar-refractivity contribution in [2.45, 2.75) is 12.7 Å². The predicted molar refractivity (Wildman–Crippen MR) is 82.0 cm³/mol. The maximum atomic E-state index is 13.0. The predicted octanol–water partition coefficient (Wildman–Crippen LogP) is 2.89. The zero-order valence-electron chi connectivity index (χ0n) is 12.9. The van der Waals surface area contributed by atoms with Crippen molar-refractivity contribution in [1.29, 1.82) is 0 Å². The summed E-state index contributed by atoms with van der Waals surface area (Å²) in [4.78, 5) is 23.4. The fourth-order valence-corrected chi connectivity index (χ4v) is 2.01. The summed E-state index contributed by atoms with van der Waals surface area (Å²) >= 11 is 0. The van der Waals surface area contributed by atoms with E-state index in [0.717, 1.165) is 18.2 Å². The maximum absolute atomic E-state index is 13.0. The normalized spacial score (nSPS) is 11.0. The minimum absolute atomic E-state index is 0.0608. The largest absolute Gasteiger partial charge is 0.416 e. The van der Waals surface area contributed by atoms with Gasteiger partial charge in [-0.25, -0.2) is 4.39 Å². The zero-order valence-corrected chi connectivity index (χ0v) is 12.9. The van der Waals surface area contributed by atoms with Crippen LogP contribution >= 0.6 is 0 Å². The zero-order chi connectivity index (χ0) is 18.4. The van der Waals surface area contributed by atoms with Crippen molar-refractivity contribution in [3.05, 3.63) is 71.0 Å². The molecule has 25 heavy (non-hydrogen) atoms. The number of halogens is 4. The summed E-state index contributed by atoms with van der Waals surface area (Å²) in [7, 11) is 0. The highest BCUT2D eigenvalue weighted by Crippen LogP contribution is 2.29. The standard InChI is InChI=1S/C17H14F4N2O2/c18-14-6-2-4-12(8-14)16(25)23-10-15(24)22-9-11-3-1-5-13(7-11)17(19,20)21/h1-8H,9-10H2,(H,22,24)(H,23,25). The number of nitrogens with one attached hydrogen (secondary N) is 2. The lowest BCUT2D eigenvalue weighted by atomic mass is 10.1. The van der Waals surface area contributed by atoms with E-state index in [1.165, 1.54) is 30.3 Å². The van der Waals surface area contributed by atoms with E-state index >= 15 is 0 Å². The van der Waals surface area contributed by atoms with E-state index in [-0.39, 0.29) is 24.2 Å². The van der Waals surface area contributed by atoms with Gasteiger partial charge in [0.05, 0.1) is 12.1 Å². The van der Waals surface area contributed by atoms with Gasteiger partial charge >= 0.3 is 6.18 Å². The number of benzene rings is 2. The van der Waals surface area contributed by atoms with Gasteiger partial charge in [0.1, 0.15) is 5.82 Å². The number of amides is 2. The summed E-state index contributed by atoms with van der Waals surface area (Å²) in [6.07, 6.45) is -4.46. The monoisotopic (exact) mass is 354 g/mol. The third kappa shape index (κ3) is 5.59. The van der Waals surface area contributed by atoms with Gasteiger partial charge in [0, 0.05) is 12.1 Å². The van der Waals surface area contributed by atoms with Crippen molar-refractivity contribution < 1.29 is 27.2 Å². The molecular formula is C17H14F4N2O2. The summed E-state index contributed by atoms with van der Waals surface area (Å²) < 4.78 is 50.8. The summed E-state index contributed by atoms with van der Waals surface area (Å²) in [6, 6.07) is 9.51. The molecule has 0 saturated heterocycles. The lowest BCUT2D eigenvalue weighted by molar-refractivity contribution is -0.137. The molecule has 0 unspecified atom stereocenters. The topological polar surface area (TPSA) is 58.2 Å². The van der Waals surface area contributed by atoms with E-state index < -0.39 is 29.4 Å². The summed E-state index contributed by atoms with van der Waals surface area (Å²) in [5.41, 5.74) is -0.469. The van der Waals surface area contributed by atoms with Crippen molar-refractivity contribution in [3.63, 3.8) is 0 Å². The molecule has 2 aromatic carbocycles. The molecule has 0 aliphatic heterocycles. The van der Waals surface area contributed by atoms with Gasteiger partial charge in [0.25, 0.3) is 5.91 Å². The van der Waals surface area contributed by atoms with E-state index in [4.69, 9.17) is 0 Å². The second-order valence-corrected chi connectivity index (χ2v) is 5.17. The van der Waals surface area contributed by atoms with Crippen molar-refractivity contribution in [1.82, 2.24) is 10.6 Å². The Bertz CT molecular complexity index is 775. The van der Waals surface area contributed by atoms with Crippen molar-refractivity contribution in [2.24, 2.45) is 0 Å². The number of carbonyl (C=O) groups is 2. The molecule has 0 aliphatic carbocycles. The van der Waals surface area contributed by atoms with Gasteiger partial charge in [-0.15, -0.1) is 0 Å². The van der Waals surface area contributed by atoms with Crippen LogP contribution in [-0.2, 0) is 17.5 Å². The fraction of sp³-hybridized carbons (Fsp3) is 0.176. The van der Waals surface area contributed by atoms with E-state index in [9.17, 15) is 27.2 Å². The first kappa shape index (κ1) is 18.4. The molecule has 132 valence electrons. The number of carbonyl (C=O) groups excluding carboxylic acids is 2. The highest BCUT2D eigenvalue weighted by Gasteiger charge is 2.30. The van der Waals surface area contributed by atoms with Gasteiger partial charge in [-0.1, -0.05) is 18.2 Å². The Morgan fingerprint density at radius 2 is 1.68 bits per heavy atom. The maximum Gasteiger partial charge on any atom is 0.416 e. The van der Waals surface area contributed by atoms with Gasteiger partial charge in [0.15, 0.2) is 0 Å². The Labute approximate surface area is 140 Å². The van der Waals surface area contributed by atoms with Crippen LogP contribution in [0.15, 0.2) is 48.5 Å². The molecule has 0 atom stereocenters. The molecule has 2 amide bonds. The molecule has 0 fully saturated rings. The molecular weight excluding hydrogens is 340 g/mol. The van der Waals surface area contributed by atoms with Crippen molar-refractivity contribution in [2.75, 3.05) is 6.54 Å². The van der Waals surface area contributed by atoms with Gasteiger partial charge < -0.3 is 10.6 Å². The molecule has 0 heterocycles. The quantitative estimate of drug-likeness (QED) is 0.812. The molecule has 4 nitrogen and oxygen atoms in total. The first-order valence-corrected chi connectivity index (χ1v) is 7.22. The second-order valence-electron chi connectivity index (χ2n) is 5.17. The van der Waals surface area contributed by atoms with Crippen LogP contribution in [-0.4, -0.2) is 18.4 Å². The summed E-state index contributed by atoms with van der Waals surface area (Å²) in [6.45, 7) is -0.493. The second kappa shape index (κ2) is 7.78. The summed E-state index contributed by atoms with van der Waals surface area (Å²) in [5, 5.41) is 4.70. The minimum Gasteiger partial charge on any atom is -0.350 e. The average molecular weight is 354 g/mol. The summed E-state index contributed by atoms with van der Waals surface area (Å²) in [5.74, 6) is -1.79. The van der Waals surface area contributed by atoms with Gasteiger partial charge in [-0.3, -0.25) is 9.59 Å². The molecule has 0 bridgehead atoms. The van der Waals surface area contributed by atoms with Gasteiger partial charge in [-0.05, 0) is 35.9 Å². The van der Waals surface area contributed by atoms with Gasteiger partial charge in [0.2, 0.25) is 5.91 Å². The fourth-order valence-electron chi connectivity index (χ4n) is 2.01. The third-order valence-electron chi connectivity index (χ3n) is 3.24. The lowest BCUT2D eigenvalue weighted by Gasteiger charge is -2.10. The SMILES string of the molecule is O=C(CNC(=O)c1cccc(F)c1)NCc1cccc(C(F)(F)F)c1. The number of alkyl halides is 3. The molecule has 2 rings (SSSR count). The molecule has 0 saturated carbocycles. The van der Waals surface area contributed by atoms with E-state index in [1.54, 1.807) is 0 Å². The lowest BCUT2D eigenvalue weighted by Crippen LogP contribution is -2.36. The van der Waals surface area contributed by atoms with E-state index in [2.05, 4.69) is 10.6 Å². The van der Waals surface area contributed by atoms with E-state index in [1.807, 2.05) is 0 Å². The van der Waals surface area contributed by atoms with Crippen LogP contribution in [0.3, 0.4) is 0 Å². The van der Waals surface area contributed by atoms with Crippen LogP contribution in [0.2, 0.25) is 0 Å². The minimum atomic E-state index is -4.46. The van der Waals surface area contributed by atoms with Crippen LogP contribution in [0.1, 0.15) is 21.5 Å². The Hall–Kier alpha value is -2.90. The molecule has 0 aliphatic rings. The van der Waals surface area contributed by atoms with Crippen LogP contribution in [0, 0.1) is 5.82 Å². The highest BCUT2D eigenvalue weighted by molar-refractivity contribution is 5.96. The smallest absolute Gasteiger partial charge is 0.350 e. The van der Waals surface area contributed by atoms with Crippen LogP contribution < -0.4 is 10.6 Å². The van der Waals surface area contributed by atoms with Crippen molar-refractivity contribution in [3.8, 4) is 0 Å². The highest BCUT2D eigenvalue weighted by atomic mass is 19.4. The number of hydrogen-bond acceptors (Lipinski definition) is 2. The Kier molecular flexibility index (Phi) is 5.74. The molecule has 2 aromatic rings. The molecule has 0 spiro atoms. The van der Waals surface area contributed by atoms with Crippen LogP contribution in [0.5, 0.6) is 0 Å². The van der Waals surface area contributed by atoms with Crippen molar-refractivity contribution >= 4 is 11.8 Å². The number of hydrogen-bond donors (Lipinski definition) is 2. The molecule has 2 N–H and O–H groups in total. The van der Waals surface area contributed by atoms with Crippen LogP contribution in [0.25, 0.3) is 0 Å². The first-order chi connectivity index (χ1) is 11.8. The van der Waals surface area contributed by atoms with E-state index in [0.29, 0.717) is 0 Å². The number of rotatable bonds is 5. The Balaban J connectivity index is 1.84. The Morgan fingerprint density at radius 3 is 2.36 bits per heavy atom. The average Bonchev–Trinajstić information content (AvgIpc) is 2.57. The Morgan fingerprint density at radius 1 is 0.960 bits per heavy atom. The van der Waals surface area contributed by atoms with Gasteiger partial charge in [-0.2, -0.15) is 13.2 Å². The van der Waals surface area contributed by atoms with Crippen LogP contribution in [0.4, 0.5) is 17.6 Å². The third-order valence-corrected chi connectivity index (χ3v) is 3.24.